The van der Waals surface area contributed by atoms with Gasteiger partial charge in [0.1, 0.15) is 30.9 Å². The molecule has 1 unspecified atom stereocenters. The van der Waals surface area contributed by atoms with Crippen molar-refractivity contribution in [3.05, 3.63) is 137 Å². The van der Waals surface area contributed by atoms with Crippen LogP contribution in [0.2, 0.25) is 0 Å². The van der Waals surface area contributed by atoms with E-state index in [1.54, 1.807) is 0 Å². The first-order chi connectivity index (χ1) is 21.4. The topological polar surface area (TPSA) is 48.4 Å². The summed E-state index contributed by atoms with van der Waals surface area (Å²) in [6, 6.07) is 30.9. The Morgan fingerprint density at radius 3 is 2.00 bits per heavy atom. The van der Waals surface area contributed by atoms with E-state index in [1.807, 2.05) is 79.7 Å². The SMILES string of the molecule is C=C(C)c1cc(C(O)N2Cc3ccc(CN4CCN(C)CC4)cc3C2)c(OCc2ccccc2)cc1OCc1ccccc1. The number of ether oxygens (including phenoxy) is 2. The number of hydrogen-bond donors (Lipinski definition) is 1. The molecule has 6 nitrogen and oxygen atoms in total. The van der Waals surface area contributed by atoms with E-state index in [9.17, 15) is 5.11 Å². The lowest BCUT2D eigenvalue weighted by Gasteiger charge is -2.32. The molecular weight excluding hydrogens is 546 g/mol. The van der Waals surface area contributed by atoms with Gasteiger partial charge in [0.25, 0.3) is 0 Å². The minimum atomic E-state index is -0.851. The Hall–Kier alpha value is -3.94. The first-order valence-corrected chi connectivity index (χ1v) is 15.5. The fourth-order valence-corrected chi connectivity index (χ4v) is 6.03. The lowest BCUT2D eigenvalue weighted by molar-refractivity contribution is -0.00392. The Balaban J connectivity index is 1.24. The molecule has 0 saturated carbocycles. The maximum Gasteiger partial charge on any atom is 0.137 e. The summed E-state index contributed by atoms with van der Waals surface area (Å²) < 4.78 is 12.7. The third-order valence-corrected chi connectivity index (χ3v) is 8.69. The van der Waals surface area contributed by atoms with E-state index in [0.29, 0.717) is 37.8 Å². The molecule has 4 aromatic carbocycles. The van der Waals surface area contributed by atoms with Crippen LogP contribution in [0, 0.1) is 0 Å². The molecule has 6 heteroatoms. The average molecular weight is 590 g/mol. The van der Waals surface area contributed by atoms with Gasteiger partial charge in [-0.05, 0) is 53.4 Å². The minimum Gasteiger partial charge on any atom is -0.488 e. The van der Waals surface area contributed by atoms with Crippen LogP contribution in [-0.2, 0) is 32.8 Å². The van der Waals surface area contributed by atoms with Gasteiger partial charge in [0.2, 0.25) is 0 Å². The van der Waals surface area contributed by atoms with Crippen molar-refractivity contribution < 1.29 is 14.6 Å². The average Bonchev–Trinajstić information content (AvgIpc) is 3.48. The van der Waals surface area contributed by atoms with Gasteiger partial charge in [-0.3, -0.25) is 9.80 Å². The van der Waals surface area contributed by atoms with Crippen LogP contribution in [0.5, 0.6) is 11.5 Å². The van der Waals surface area contributed by atoms with Gasteiger partial charge in [-0.25, -0.2) is 0 Å². The summed E-state index contributed by atoms with van der Waals surface area (Å²) in [5.74, 6) is 1.31. The zero-order chi connectivity index (χ0) is 30.5. The Morgan fingerprint density at radius 1 is 0.750 bits per heavy atom. The lowest BCUT2D eigenvalue weighted by Crippen LogP contribution is -2.43. The highest BCUT2D eigenvalue weighted by atomic mass is 16.5. The van der Waals surface area contributed by atoms with Crippen LogP contribution in [0.1, 0.15) is 52.1 Å². The molecule has 6 rings (SSSR count). The van der Waals surface area contributed by atoms with E-state index >= 15 is 0 Å². The molecule has 0 spiro atoms. The number of allylic oxidation sites excluding steroid dienone is 1. The van der Waals surface area contributed by atoms with Crippen LogP contribution in [0.25, 0.3) is 5.57 Å². The Labute approximate surface area is 261 Å². The van der Waals surface area contributed by atoms with E-state index in [0.717, 1.165) is 60.6 Å². The molecule has 0 amide bonds. The van der Waals surface area contributed by atoms with Crippen LogP contribution in [0.3, 0.4) is 0 Å². The van der Waals surface area contributed by atoms with Crippen molar-refractivity contribution in [2.45, 2.75) is 46.0 Å². The highest BCUT2D eigenvalue weighted by molar-refractivity contribution is 5.70. The molecule has 0 bridgehead atoms. The number of hydrogen-bond acceptors (Lipinski definition) is 6. The van der Waals surface area contributed by atoms with Gasteiger partial charge in [0.05, 0.1) is 0 Å². The number of benzene rings is 4. The number of aliphatic hydroxyl groups is 1. The molecule has 0 radical (unpaired) electrons. The summed E-state index contributed by atoms with van der Waals surface area (Å²) in [5, 5.41) is 11.9. The normalized spacial score (nSPS) is 16.4. The van der Waals surface area contributed by atoms with Gasteiger partial charge in [0, 0.05) is 63.0 Å². The number of rotatable bonds is 11. The highest BCUT2D eigenvalue weighted by Crippen LogP contribution is 2.40. The first kappa shape index (κ1) is 30.1. The van der Waals surface area contributed by atoms with Crippen LogP contribution < -0.4 is 9.47 Å². The molecule has 4 aromatic rings. The molecule has 2 heterocycles. The maximum absolute atomic E-state index is 11.9. The smallest absolute Gasteiger partial charge is 0.137 e. The predicted octanol–water partition coefficient (Wildman–Crippen LogP) is 6.63. The van der Waals surface area contributed by atoms with Gasteiger partial charge < -0.3 is 19.5 Å². The van der Waals surface area contributed by atoms with Crippen molar-refractivity contribution >= 4 is 5.57 Å². The standard InChI is InChI=1S/C38H43N3O3/c1-28(2)34-21-35(37(44-27-30-12-8-5-9-13-30)22-36(34)43-26-29-10-6-4-7-11-29)38(42)41-24-32-15-14-31(20-33(32)25-41)23-40-18-16-39(3)17-19-40/h4-15,20-22,38,42H,1,16-19,23-27H2,2-3H3. The fraction of sp³-hybridized carbons (Fsp3) is 0.316. The van der Waals surface area contributed by atoms with Gasteiger partial charge in [-0.1, -0.05) is 85.4 Å². The maximum atomic E-state index is 11.9. The number of likely N-dealkylation sites (N-methyl/N-ethyl adjacent to an activating group) is 1. The highest BCUT2D eigenvalue weighted by Gasteiger charge is 2.29. The Morgan fingerprint density at radius 2 is 1.36 bits per heavy atom. The summed E-state index contributed by atoms with van der Waals surface area (Å²) in [6.07, 6.45) is -0.851. The van der Waals surface area contributed by atoms with E-state index in [2.05, 4.69) is 46.5 Å². The summed E-state index contributed by atoms with van der Waals surface area (Å²) in [7, 11) is 2.19. The molecule has 0 aromatic heterocycles. The van der Waals surface area contributed by atoms with Crippen molar-refractivity contribution in [1.29, 1.82) is 0 Å². The van der Waals surface area contributed by atoms with E-state index < -0.39 is 6.23 Å². The second-order valence-electron chi connectivity index (χ2n) is 12.2. The van der Waals surface area contributed by atoms with E-state index in [4.69, 9.17) is 9.47 Å². The Bertz CT molecular complexity index is 1570. The van der Waals surface area contributed by atoms with Crippen LogP contribution in [0.15, 0.2) is 97.6 Å². The monoisotopic (exact) mass is 589 g/mol. The van der Waals surface area contributed by atoms with E-state index in [-0.39, 0.29) is 0 Å². The second kappa shape index (κ2) is 13.8. The molecule has 44 heavy (non-hydrogen) atoms. The van der Waals surface area contributed by atoms with Crippen LogP contribution in [0.4, 0.5) is 0 Å². The van der Waals surface area contributed by atoms with Crippen LogP contribution >= 0.6 is 0 Å². The van der Waals surface area contributed by atoms with Crippen molar-refractivity contribution in [2.75, 3.05) is 33.2 Å². The summed E-state index contributed by atoms with van der Waals surface area (Å²) in [5.41, 5.74) is 8.48. The molecule has 228 valence electrons. The van der Waals surface area contributed by atoms with E-state index in [1.165, 1.54) is 16.7 Å². The van der Waals surface area contributed by atoms with Gasteiger partial charge in [0.15, 0.2) is 0 Å². The zero-order valence-corrected chi connectivity index (χ0v) is 25.9. The van der Waals surface area contributed by atoms with Crippen LogP contribution in [-0.4, -0.2) is 53.0 Å². The molecule has 1 N–H and O–H groups in total. The molecule has 1 fully saturated rings. The van der Waals surface area contributed by atoms with Crippen molar-refractivity contribution in [1.82, 2.24) is 14.7 Å². The zero-order valence-electron chi connectivity index (χ0n) is 25.9. The van der Waals surface area contributed by atoms with Crippen molar-refractivity contribution in [3.63, 3.8) is 0 Å². The number of nitrogens with zero attached hydrogens (tertiary/aromatic N) is 3. The molecule has 1 saturated heterocycles. The molecule has 2 aliphatic heterocycles. The molecule has 2 aliphatic rings. The van der Waals surface area contributed by atoms with Gasteiger partial charge in [-0.2, -0.15) is 0 Å². The predicted molar refractivity (Wildman–Crippen MR) is 176 cm³/mol. The quantitative estimate of drug-likeness (QED) is 0.212. The number of piperazine rings is 1. The lowest BCUT2D eigenvalue weighted by atomic mass is 10.0. The summed E-state index contributed by atoms with van der Waals surface area (Å²) in [4.78, 5) is 7.03. The Kier molecular flexibility index (Phi) is 9.43. The van der Waals surface area contributed by atoms with Crippen molar-refractivity contribution in [2.24, 2.45) is 0 Å². The van der Waals surface area contributed by atoms with Crippen molar-refractivity contribution in [3.8, 4) is 11.5 Å². The third-order valence-electron chi connectivity index (χ3n) is 8.69. The minimum absolute atomic E-state index is 0.390. The molecular formula is C38H43N3O3. The molecule has 0 aliphatic carbocycles. The third kappa shape index (κ3) is 7.22. The number of aliphatic hydroxyl groups excluding tert-OH is 1. The second-order valence-corrected chi connectivity index (χ2v) is 12.2. The molecule has 1 atom stereocenters. The summed E-state index contributed by atoms with van der Waals surface area (Å²) >= 11 is 0. The number of fused-ring (bicyclic) bond motifs is 1. The largest absolute Gasteiger partial charge is 0.488 e. The fourth-order valence-electron chi connectivity index (χ4n) is 6.03. The first-order valence-electron chi connectivity index (χ1n) is 15.5. The van der Waals surface area contributed by atoms with Gasteiger partial charge in [-0.15, -0.1) is 0 Å². The summed E-state index contributed by atoms with van der Waals surface area (Å²) in [6.45, 7) is 13.8. The van der Waals surface area contributed by atoms with Gasteiger partial charge >= 0.3 is 0 Å².